The number of hydrogen-bond acceptors (Lipinski definition) is 4. The number of aromatic nitrogens is 3. The van der Waals surface area contributed by atoms with Gasteiger partial charge >= 0.3 is 0 Å². The van der Waals surface area contributed by atoms with Gasteiger partial charge in [0, 0.05) is 25.3 Å². The molecule has 1 aliphatic heterocycles. The van der Waals surface area contributed by atoms with Crippen molar-refractivity contribution in [3.63, 3.8) is 0 Å². The number of benzene rings is 1. The van der Waals surface area contributed by atoms with Crippen molar-refractivity contribution < 1.29 is 9.18 Å². The van der Waals surface area contributed by atoms with E-state index < -0.39 is 0 Å². The number of carbonyl (C=O) groups excluding carboxylic acids is 1. The third-order valence-electron chi connectivity index (χ3n) is 3.68. The van der Waals surface area contributed by atoms with Gasteiger partial charge in [0.15, 0.2) is 5.69 Å². The molecular weight excluding hydrogens is 273 g/mol. The van der Waals surface area contributed by atoms with Crippen LogP contribution in [0.25, 0.3) is 0 Å². The first-order valence-electron chi connectivity index (χ1n) is 6.87. The third kappa shape index (κ3) is 3.18. The van der Waals surface area contributed by atoms with Gasteiger partial charge in [-0.1, -0.05) is 0 Å². The van der Waals surface area contributed by atoms with Gasteiger partial charge in [-0.15, -0.1) is 0 Å². The second-order valence-corrected chi connectivity index (χ2v) is 5.14. The largest absolute Gasteiger partial charge is 0.371 e. The molecule has 0 saturated carbocycles. The van der Waals surface area contributed by atoms with E-state index in [2.05, 4.69) is 25.6 Å². The Hall–Kier alpha value is -2.44. The molecule has 1 fully saturated rings. The molecule has 1 saturated heterocycles. The maximum atomic E-state index is 12.9. The van der Waals surface area contributed by atoms with Gasteiger partial charge in [-0.2, -0.15) is 15.4 Å². The van der Waals surface area contributed by atoms with E-state index in [1.807, 2.05) is 0 Å². The van der Waals surface area contributed by atoms with Crippen molar-refractivity contribution >= 4 is 11.6 Å². The number of halogens is 1. The van der Waals surface area contributed by atoms with Crippen LogP contribution in [-0.4, -0.2) is 41.0 Å². The van der Waals surface area contributed by atoms with Crippen molar-refractivity contribution in [1.29, 1.82) is 0 Å². The van der Waals surface area contributed by atoms with Crippen molar-refractivity contribution in [3.8, 4) is 0 Å². The highest BCUT2D eigenvalue weighted by Crippen LogP contribution is 2.23. The molecule has 21 heavy (non-hydrogen) atoms. The summed E-state index contributed by atoms with van der Waals surface area (Å²) >= 11 is 0. The van der Waals surface area contributed by atoms with Crippen LogP contribution in [0.1, 0.15) is 16.9 Å². The number of amides is 1. The Morgan fingerprint density at radius 2 is 2.24 bits per heavy atom. The average molecular weight is 289 g/mol. The minimum atomic E-state index is -0.227. The molecule has 1 unspecified atom stereocenters. The summed E-state index contributed by atoms with van der Waals surface area (Å²) in [7, 11) is 0. The van der Waals surface area contributed by atoms with Crippen LogP contribution in [-0.2, 0) is 0 Å². The standard InChI is InChI=1S/C14H16FN5O/c15-11-1-3-12(4-2-11)20-6-5-10(9-20)7-16-14(21)13-8-17-19-18-13/h1-4,8,10H,5-7,9H2,(H,16,21)(H,17,18,19). The van der Waals surface area contributed by atoms with Crippen LogP contribution < -0.4 is 10.2 Å². The predicted molar refractivity (Wildman–Crippen MR) is 75.4 cm³/mol. The van der Waals surface area contributed by atoms with Crippen LogP contribution in [0.5, 0.6) is 0 Å². The first kappa shape index (κ1) is 13.5. The number of nitrogens with one attached hydrogen (secondary N) is 2. The topological polar surface area (TPSA) is 73.9 Å². The zero-order chi connectivity index (χ0) is 14.7. The molecule has 3 rings (SSSR count). The summed E-state index contributed by atoms with van der Waals surface area (Å²) < 4.78 is 12.9. The summed E-state index contributed by atoms with van der Waals surface area (Å²) in [6.07, 6.45) is 2.39. The van der Waals surface area contributed by atoms with E-state index in [9.17, 15) is 9.18 Å². The molecule has 2 aromatic rings. The molecule has 1 aromatic heterocycles. The lowest BCUT2D eigenvalue weighted by molar-refractivity contribution is 0.0943. The van der Waals surface area contributed by atoms with E-state index in [1.54, 1.807) is 12.1 Å². The number of anilines is 1. The molecule has 7 heteroatoms. The zero-order valence-electron chi connectivity index (χ0n) is 11.4. The Kier molecular flexibility index (Phi) is 3.81. The number of hydrogen-bond donors (Lipinski definition) is 2. The second-order valence-electron chi connectivity index (χ2n) is 5.14. The lowest BCUT2D eigenvalue weighted by Gasteiger charge is -2.18. The molecule has 1 amide bonds. The Balaban J connectivity index is 1.51. The average Bonchev–Trinajstić information content (AvgIpc) is 3.17. The van der Waals surface area contributed by atoms with Crippen LogP contribution >= 0.6 is 0 Å². The monoisotopic (exact) mass is 289 g/mol. The number of rotatable bonds is 4. The van der Waals surface area contributed by atoms with Crippen LogP contribution in [0.3, 0.4) is 0 Å². The molecular formula is C14H16FN5O. The molecule has 1 aromatic carbocycles. The van der Waals surface area contributed by atoms with Crippen molar-refractivity contribution in [1.82, 2.24) is 20.7 Å². The fourth-order valence-corrected chi connectivity index (χ4v) is 2.52. The first-order valence-corrected chi connectivity index (χ1v) is 6.87. The van der Waals surface area contributed by atoms with E-state index in [0.29, 0.717) is 18.2 Å². The van der Waals surface area contributed by atoms with Crippen LogP contribution in [0.2, 0.25) is 0 Å². The maximum Gasteiger partial charge on any atom is 0.273 e. The highest BCUT2D eigenvalue weighted by atomic mass is 19.1. The van der Waals surface area contributed by atoms with Crippen molar-refractivity contribution in [2.24, 2.45) is 5.92 Å². The summed E-state index contributed by atoms with van der Waals surface area (Å²) in [5.41, 5.74) is 1.31. The van der Waals surface area contributed by atoms with E-state index in [0.717, 1.165) is 25.2 Å². The molecule has 0 bridgehead atoms. The number of nitrogens with zero attached hydrogens (tertiary/aromatic N) is 3. The van der Waals surface area contributed by atoms with Gasteiger partial charge in [-0.25, -0.2) is 4.39 Å². The van der Waals surface area contributed by atoms with Crippen molar-refractivity contribution in [2.45, 2.75) is 6.42 Å². The van der Waals surface area contributed by atoms with E-state index in [1.165, 1.54) is 18.3 Å². The Morgan fingerprint density at radius 1 is 1.43 bits per heavy atom. The van der Waals surface area contributed by atoms with E-state index in [4.69, 9.17) is 0 Å². The van der Waals surface area contributed by atoms with Crippen molar-refractivity contribution in [2.75, 3.05) is 24.5 Å². The van der Waals surface area contributed by atoms with Crippen LogP contribution in [0.4, 0.5) is 10.1 Å². The first-order chi connectivity index (χ1) is 10.2. The summed E-state index contributed by atoms with van der Waals surface area (Å²) in [5, 5.41) is 12.6. The van der Waals surface area contributed by atoms with E-state index >= 15 is 0 Å². The zero-order valence-corrected chi connectivity index (χ0v) is 11.4. The maximum absolute atomic E-state index is 12.9. The lowest BCUT2D eigenvalue weighted by Crippen LogP contribution is -2.31. The van der Waals surface area contributed by atoms with Crippen LogP contribution in [0.15, 0.2) is 30.5 Å². The highest BCUT2D eigenvalue weighted by molar-refractivity contribution is 5.91. The number of aromatic amines is 1. The van der Waals surface area contributed by atoms with Gasteiger partial charge in [0.25, 0.3) is 5.91 Å². The van der Waals surface area contributed by atoms with Gasteiger partial charge in [-0.3, -0.25) is 4.79 Å². The Bertz CT molecular complexity index is 598. The smallest absolute Gasteiger partial charge is 0.273 e. The summed E-state index contributed by atoms with van der Waals surface area (Å²) in [4.78, 5) is 14.0. The quantitative estimate of drug-likeness (QED) is 0.887. The molecule has 110 valence electrons. The molecule has 0 radical (unpaired) electrons. The van der Waals surface area contributed by atoms with Gasteiger partial charge in [0.2, 0.25) is 0 Å². The van der Waals surface area contributed by atoms with Gasteiger partial charge < -0.3 is 10.2 Å². The Labute approximate surface area is 121 Å². The Morgan fingerprint density at radius 3 is 2.95 bits per heavy atom. The van der Waals surface area contributed by atoms with Gasteiger partial charge in [-0.05, 0) is 36.6 Å². The number of H-pyrrole nitrogens is 1. The highest BCUT2D eigenvalue weighted by Gasteiger charge is 2.23. The SMILES string of the molecule is O=C(NCC1CCN(c2ccc(F)cc2)C1)c1cn[nH]n1. The molecule has 6 nitrogen and oxygen atoms in total. The summed E-state index contributed by atoms with van der Waals surface area (Å²) in [6.45, 7) is 2.37. The molecule has 0 spiro atoms. The fourth-order valence-electron chi connectivity index (χ4n) is 2.52. The third-order valence-corrected chi connectivity index (χ3v) is 3.68. The van der Waals surface area contributed by atoms with Crippen LogP contribution in [0, 0.1) is 11.7 Å². The summed E-state index contributed by atoms with van der Waals surface area (Å²) in [6, 6.07) is 6.50. The predicted octanol–water partition coefficient (Wildman–Crippen LogP) is 1.20. The molecule has 2 heterocycles. The lowest BCUT2D eigenvalue weighted by atomic mass is 10.1. The summed E-state index contributed by atoms with van der Waals surface area (Å²) in [5.74, 6) is -0.0655. The molecule has 1 atom stereocenters. The van der Waals surface area contributed by atoms with Gasteiger partial charge in [0.1, 0.15) is 5.82 Å². The molecule has 0 aliphatic carbocycles. The minimum absolute atomic E-state index is 0.219. The molecule has 2 N–H and O–H groups in total. The van der Waals surface area contributed by atoms with E-state index in [-0.39, 0.29) is 11.7 Å². The normalized spacial score (nSPS) is 18.0. The van der Waals surface area contributed by atoms with Crippen molar-refractivity contribution in [3.05, 3.63) is 42.0 Å². The second kappa shape index (κ2) is 5.90. The molecule has 1 aliphatic rings. The number of carbonyl (C=O) groups is 1. The van der Waals surface area contributed by atoms with Gasteiger partial charge in [0.05, 0.1) is 6.20 Å². The minimum Gasteiger partial charge on any atom is -0.371 e. The fraction of sp³-hybridized carbons (Fsp3) is 0.357.